The molecule has 1 aromatic carbocycles. The number of rotatable bonds is 4. The maximum Gasteiger partial charge on any atom is 0.156 e. The molecule has 0 unspecified atom stereocenters. The van der Waals surface area contributed by atoms with Crippen LogP contribution >= 0.6 is 11.8 Å². The number of benzene rings is 1. The van der Waals surface area contributed by atoms with Gasteiger partial charge in [-0.25, -0.2) is 0 Å². The van der Waals surface area contributed by atoms with Crippen molar-refractivity contribution in [3.63, 3.8) is 0 Å². The first kappa shape index (κ1) is 24.6. The summed E-state index contributed by atoms with van der Waals surface area (Å²) in [4.78, 5) is 27.1. The Labute approximate surface area is 213 Å². The van der Waals surface area contributed by atoms with Crippen LogP contribution in [0.5, 0.6) is 0 Å². The lowest BCUT2D eigenvalue weighted by molar-refractivity contribution is -0.132. The van der Waals surface area contributed by atoms with Gasteiger partial charge in [-0.3, -0.25) is 9.59 Å². The average Bonchev–Trinajstić information content (AvgIpc) is 3.18. The van der Waals surface area contributed by atoms with E-state index in [1.54, 1.807) is 17.3 Å². The van der Waals surface area contributed by atoms with Crippen molar-refractivity contribution in [1.29, 1.82) is 0 Å². The molecule has 5 rings (SSSR count). The molecule has 0 heterocycles. The highest BCUT2D eigenvalue weighted by Crippen LogP contribution is 2.69. The Kier molecular flexibility index (Phi) is 6.62. The second-order valence-corrected chi connectivity index (χ2v) is 11.8. The first-order chi connectivity index (χ1) is 16.9. The molecule has 2 saturated carbocycles. The Balaban J connectivity index is 1.70. The molecule has 184 valence electrons. The Bertz CT molecular complexity index is 1160. The van der Waals surface area contributed by atoms with Gasteiger partial charge in [0.25, 0.3) is 0 Å². The second kappa shape index (κ2) is 9.41. The summed E-state index contributed by atoms with van der Waals surface area (Å²) < 4.78 is 0. The zero-order valence-electron chi connectivity index (χ0n) is 21.2. The maximum absolute atomic E-state index is 13.6. The van der Waals surface area contributed by atoms with Gasteiger partial charge in [-0.2, -0.15) is 0 Å². The van der Waals surface area contributed by atoms with Crippen LogP contribution in [0.2, 0.25) is 0 Å². The van der Waals surface area contributed by atoms with Gasteiger partial charge in [-0.15, -0.1) is 11.8 Å². The highest BCUT2D eigenvalue weighted by atomic mass is 32.2. The van der Waals surface area contributed by atoms with Crippen molar-refractivity contribution in [3.8, 4) is 11.8 Å². The molecule has 4 heteroatoms. The summed E-state index contributed by atoms with van der Waals surface area (Å²) in [6, 6.07) is 8.97. The molecule has 4 aliphatic rings. The molecule has 35 heavy (non-hydrogen) atoms. The van der Waals surface area contributed by atoms with Crippen molar-refractivity contribution >= 4 is 23.3 Å². The number of carbonyl (C=O) groups is 2. The van der Waals surface area contributed by atoms with Gasteiger partial charge in [0.1, 0.15) is 6.61 Å². The van der Waals surface area contributed by atoms with E-state index >= 15 is 0 Å². The normalized spacial score (nSPS) is 33.8. The monoisotopic (exact) mass is 488 g/mol. The molecule has 2 fully saturated rings. The zero-order valence-corrected chi connectivity index (χ0v) is 22.0. The summed E-state index contributed by atoms with van der Waals surface area (Å²) in [5, 5.41) is 9.56. The first-order valence-electron chi connectivity index (χ1n) is 13.1. The van der Waals surface area contributed by atoms with Crippen molar-refractivity contribution in [3.05, 3.63) is 52.6 Å². The topological polar surface area (TPSA) is 54.4 Å². The summed E-state index contributed by atoms with van der Waals surface area (Å²) in [7, 11) is 0. The number of aliphatic hydroxyl groups is 1. The van der Waals surface area contributed by atoms with Gasteiger partial charge in [0.15, 0.2) is 11.6 Å². The van der Waals surface area contributed by atoms with E-state index in [2.05, 4.69) is 49.3 Å². The molecule has 0 saturated heterocycles. The van der Waals surface area contributed by atoms with Crippen molar-refractivity contribution in [2.24, 2.45) is 22.7 Å². The lowest BCUT2D eigenvalue weighted by Gasteiger charge is -2.54. The highest BCUT2D eigenvalue weighted by molar-refractivity contribution is 7.98. The number of fused-ring (bicyclic) bond motifs is 4. The molecule has 0 aromatic heterocycles. The van der Waals surface area contributed by atoms with E-state index < -0.39 is 5.41 Å². The van der Waals surface area contributed by atoms with Crippen LogP contribution in [-0.2, 0) is 9.59 Å². The Morgan fingerprint density at radius 2 is 1.94 bits per heavy atom. The molecule has 0 spiro atoms. The number of ketones is 2. The van der Waals surface area contributed by atoms with Crippen LogP contribution in [0.25, 0.3) is 0 Å². The van der Waals surface area contributed by atoms with Crippen LogP contribution in [-0.4, -0.2) is 29.5 Å². The third-order valence-corrected chi connectivity index (χ3v) is 10.4. The smallest absolute Gasteiger partial charge is 0.156 e. The number of Topliss-reactive ketones (excluding diaryl/α,β-unsaturated/α-hetero) is 1. The van der Waals surface area contributed by atoms with Crippen LogP contribution in [0.3, 0.4) is 0 Å². The van der Waals surface area contributed by atoms with E-state index in [4.69, 9.17) is 0 Å². The van der Waals surface area contributed by atoms with E-state index in [0.717, 1.165) is 38.5 Å². The molecule has 0 amide bonds. The lowest BCUT2D eigenvalue weighted by Crippen LogP contribution is -2.50. The van der Waals surface area contributed by atoms with Gasteiger partial charge >= 0.3 is 0 Å². The Hall–Kier alpha value is -2.09. The van der Waals surface area contributed by atoms with Crippen LogP contribution in [0.15, 0.2) is 52.0 Å². The quantitative estimate of drug-likeness (QED) is 0.401. The zero-order chi connectivity index (χ0) is 24.8. The van der Waals surface area contributed by atoms with Crippen molar-refractivity contribution < 1.29 is 14.7 Å². The summed E-state index contributed by atoms with van der Waals surface area (Å²) in [5.41, 5.74) is 4.61. The van der Waals surface area contributed by atoms with Gasteiger partial charge < -0.3 is 5.11 Å². The summed E-state index contributed by atoms with van der Waals surface area (Å²) in [5.74, 6) is 7.81. The van der Waals surface area contributed by atoms with Crippen LogP contribution in [0.1, 0.15) is 76.7 Å². The van der Waals surface area contributed by atoms with E-state index in [-0.39, 0.29) is 29.5 Å². The number of allylic oxidation sites excluding steroid dienone is 4. The molecule has 5 atom stereocenters. The molecular formula is C31H36O3S. The van der Waals surface area contributed by atoms with Gasteiger partial charge in [0.2, 0.25) is 0 Å². The van der Waals surface area contributed by atoms with Gasteiger partial charge in [-0.1, -0.05) is 43.4 Å². The van der Waals surface area contributed by atoms with Crippen molar-refractivity contribution in [2.45, 2.75) is 76.0 Å². The van der Waals surface area contributed by atoms with E-state index in [9.17, 15) is 14.7 Å². The Morgan fingerprint density at radius 3 is 2.63 bits per heavy atom. The maximum atomic E-state index is 13.6. The standard InChI is InChI=1S/C31H36O3S/c1-4-28(34)31(15-5-17-32)16-14-27-25-12-8-21-18-22(33)9-13-24(21)29(25)26(19-30(27,31)2)20-6-10-23(35-3)11-7-20/h6-7,10-11,18,25-27,32H,4,8-9,12-14,16-17,19H2,1-3H3/t25-,26+,27-,30-,31-/m0/s1. The minimum absolute atomic E-state index is 0.208. The first-order valence-corrected chi connectivity index (χ1v) is 14.4. The highest BCUT2D eigenvalue weighted by Gasteiger charge is 2.65. The fraction of sp³-hybridized carbons (Fsp3) is 0.548. The third kappa shape index (κ3) is 3.78. The van der Waals surface area contributed by atoms with Crippen LogP contribution < -0.4 is 0 Å². The van der Waals surface area contributed by atoms with Crippen LogP contribution in [0.4, 0.5) is 0 Å². The van der Waals surface area contributed by atoms with E-state index in [1.807, 2.05) is 13.0 Å². The van der Waals surface area contributed by atoms with Gasteiger partial charge in [0, 0.05) is 23.7 Å². The van der Waals surface area contributed by atoms with Crippen LogP contribution in [0, 0.1) is 34.5 Å². The summed E-state index contributed by atoms with van der Waals surface area (Å²) in [6.45, 7) is 4.07. The summed E-state index contributed by atoms with van der Waals surface area (Å²) in [6.07, 6.45) is 10.6. The van der Waals surface area contributed by atoms with E-state index in [0.29, 0.717) is 24.7 Å². The number of aliphatic hydroxyl groups excluding tert-OH is 1. The lowest BCUT2D eigenvalue weighted by atomic mass is 9.48. The SMILES string of the molecule is CCC(=O)[C@]1(C#CCO)CC[C@H]2[C@@H]3CCC4=CC(=O)CCC4=C3[C@@H](c3ccc(SC)cc3)C[C@@]21C. The van der Waals surface area contributed by atoms with Crippen molar-refractivity contribution in [2.75, 3.05) is 12.9 Å². The molecule has 0 radical (unpaired) electrons. The second-order valence-electron chi connectivity index (χ2n) is 10.9. The van der Waals surface area contributed by atoms with Gasteiger partial charge in [-0.05, 0) is 96.9 Å². The average molecular weight is 489 g/mol. The number of hydrogen-bond acceptors (Lipinski definition) is 4. The Morgan fingerprint density at radius 1 is 1.17 bits per heavy atom. The molecular weight excluding hydrogens is 452 g/mol. The summed E-state index contributed by atoms with van der Waals surface area (Å²) >= 11 is 1.75. The molecule has 3 nitrogen and oxygen atoms in total. The molecule has 1 N–H and O–H groups in total. The molecule has 0 bridgehead atoms. The molecule has 0 aliphatic heterocycles. The largest absolute Gasteiger partial charge is 0.384 e. The predicted octanol–water partition coefficient (Wildman–Crippen LogP) is 6.27. The minimum atomic E-state index is -0.693. The third-order valence-electron chi connectivity index (χ3n) is 9.63. The number of hydrogen-bond donors (Lipinski definition) is 1. The minimum Gasteiger partial charge on any atom is -0.384 e. The predicted molar refractivity (Wildman–Crippen MR) is 141 cm³/mol. The van der Waals surface area contributed by atoms with E-state index in [1.165, 1.54) is 21.6 Å². The number of thioether (sulfide) groups is 1. The van der Waals surface area contributed by atoms with Gasteiger partial charge in [0.05, 0.1) is 5.41 Å². The number of carbonyl (C=O) groups excluding carboxylic acids is 2. The van der Waals surface area contributed by atoms with Crippen molar-refractivity contribution in [1.82, 2.24) is 0 Å². The fourth-order valence-corrected chi connectivity index (χ4v) is 8.46. The fourth-order valence-electron chi connectivity index (χ4n) is 8.05. The molecule has 4 aliphatic carbocycles. The molecule has 1 aromatic rings.